The third-order valence-electron chi connectivity index (χ3n) is 3.02. The van der Waals surface area contributed by atoms with E-state index < -0.39 is 0 Å². The minimum atomic E-state index is -0.205. The highest BCUT2D eigenvalue weighted by Crippen LogP contribution is 2.31. The van der Waals surface area contributed by atoms with Gasteiger partial charge in [-0.2, -0.15) is 0 Å². The zero-order chi connectivity index (χ0) is 9.26. The van der Waals surface area contributed by atoms with E-state index in [4.69, 9.17) is 0 Å². The summed E-state index contributed by atoms with van der Waals surface area (Å²) < 4.78 is 4.63. The van der Waals surface area contributed by atoms with E-state index >= 15 is 0 Å². The van der Waals surface area contributed by atoms with Gasteiger partial charge >= 0.3 is 5.97 Å². The standard InChI is InChI=1S/C10H15NO2/c1-13-10(12)6-9-7-11-4-2-8(9)3-5-11/h6,8H,2-5,7H2,1H3/b9-6-. The van der Waals surface area contributed by atoms with Crippen LogP contribution < -0.4 is 0 Å². The Morgan fingerprint density at radius 3 is 2.69 bits per heavy atom. The summed E-state index contributed by atoms with van der Waals surface area (Å²) >= 11 is 0. The van der Waals surface area contributed by atoms with Gasteiger partial charge in [-0.05, 0) is 37.4 Å². The Morgan fingerprint density at radius 1 is 1.54 bits per heavy atom. The number of ether oxygens (including phenoxy) is 1. The van der Waals surface area contributed by atoms with Crippen molar-refractivity contribution in [1.82, 2.24) is 4.90 Å². The van der Waals surface area contributed by atoms with E-state index in [1.807, 2.05) is 0 Å². The van der Waals surface area contributed by atoms with Crippen LogP contribution in [0, 0.1) is 5.92 Å². The number of nitrogens with zero attached hydrogens (tertiary/aromatic N) is 1. The summed E-state index contributed by atoms with van der Waals surface area (Å²) in [7, 11) is 1.43. The van der Waals surface area contributed by atoms with Gasteiger partial charge in [0, 0.05) is 12.6 Å². The molecule has 0 atom stereocenters. The molecule has 3 nitrogen and oxygen atoms in total. The predicted octanol–water partition coefficient (Wildman–Crippen LogP) is 0.811. The van der Waals surface area contributed by atoms with E-state index in [1.165, 1.54) is 38.6 Å². The molecule has 2 bridgehead atoms. The van der Waals surface area contributed by atoms with Crippen LogP contribution in [0.25, 0.3) is 0 Å². The smallest absolute Gasteiger partial charge is 0.330 e. The van der Waals surface area contributed by atoms with Crippen molar-refractivity contribution in [1.29, 1.82) is 0 Å². The molecule has 0 N–H and O–H groups in total. The summed E-state index contributed by atoms with van der Waals surface area (Å²) in [6.45, 7) is 3.37. The normalized spacial score (nSPS) is 35.0. The van der Waals surface area contributed by atoms with E-state index in [0.717, 1.165) is 6.54 Å². The Balaban J connectivity index is 2.08. The molecule has 0 aromatic heterocycles. The molecule has 0 radical (unpaired) electrons. The molecule has 13 heavy (non-hydrogen) atoms. The van der Waals surface area contributed by atoms with Crippen LogP contribution in [-0.2, 0) is 9.53 Å². The predicted molar refractivity (Wildman–Crippen MR) is 49.3 cm³/mol. The minimum Gasteiger partial charge on any atom is -0.466 e. The molecule has 0 unspecified atom stereocenters. The third kappa shape index (κ3) is 1.75. The molecule has 3 aliphatic rings. The van der Waals surface area contributed by atoms with Crippen molar-refractivity contribution in [3.05, 3.63) is 11.6 Å². The van der Waals surface area contributed by atoms with Crippen molar-refractivity contribution < 1.29 is 9.53 Å². The number of hydrogen-bond acceptors (Lipinski definition) is 3. The molecule has 0 aromatic carbocycles. The first kappa shape index (κ1) is 8.75. The summed E-state index contributed by atoms with van der Waals surface area (Å²) in [6, 6.07) is 0. The molecule has 3 heterocycles. The lowest BCUT2D eigenvalue weighted by Crippen LogP contribution is -2.43. The summed E-state index contributed by atoms with van der Waals surface area (Å²) in [5.41, 5.74) is 1.27. The van der Waals surface area contributed by atoms with Crippen molar-refractivity contribution in [2.45, 2.75) is 12.8 Å². The zero-order valence-corrected chi connectivity index (χ0v) is 7.95. The largest absolute Gasteiger partial charge is 0.466 e. The van der Waals surface area contributed by atoms with Crippen LogP contribution >= 0.6 is 0 Å². The number of hydrogen-bond donors (Lipinski definition) is 0. The van der Waals surface area contributed by atoms with Gasteiger partial charge in [0.05, 0.1) is 7.11 Å². The average Bonchev–Trinajstić information content (AvgIpc) is 2.19. The highest BCUT2D eigenvalue weighted by molar-refractivity contribution is 5.82. The Bertz CT molecular complexity index is 239. The van der Waals surface area contributed by atoms with Crippen LogP contribution in [-0.4, -0.2) is 37.6 Å². The monoisotopic (exact) mass is 181 g/mol. The van der Waals surface area contributed by atoms with Gasteiger partial charge in [0.1, 0.15) is 0 Å². The molecule has 3 heteroatoms. The molecule has 72 valence electrons. The molecule has 0 aromatic rings. The minimum absolute atomic E-state index is 0.205. The Labute approximate surface area is 78.4 Å². The number of rotatable bonds is 1. The van der Waals surface area contributed by atoms with Gasteiger partial charge in [0.15, 0.2) is 0 Å². The SMILES string of the molecule is COC(=O)/C=C1/CN2CCC1CC2. The van der Waals surface area contributed by atoms with Crippen LogP contribution in [0.1, 0.15) is 12.8 Å². The Kier molecular flexibility index (Phi) is 2.36. The van der Waals surface area contributed by atoms with Gasteiger partial charge < -0.3 is 4.74 Å². The first-order valence-corrected chi connectivity index (χ1v) is 4.80. The fraction of sp³-hybridized carbons (Fsp3) is 0.700. The maximum atomic E-state index is 11.0. The van der Waals surface area contributed by atoms with E-state index in [9.17, 15) is 4.79 Å². The molecule has 3 saturated heterocycles. The highest BCUT2D eigenvalue weighted by Gasteiger charge is 2.29. The summed E-state index contributed by atoms with van der Waals surface area (Å²) in [6.07, 6.45) is 4.10. The van der Waals surface area contributed by atoms with E-state index in [-0.39, 0.29) is 5.97 Å². The lowest BCUT2D eigenvalue weighted by Gasteiger charge is -2.40. The average molecular weight is 181 g/mol. The van der Waals surface area contributed by atoms with Crippen molar-refractivity contribution in [3.8, 4) is 0 Å². The van der Waals surface area contributed by atoms with Crippen molar-refractivity contribution >= 4 is 5.97 Å². The molecule has 3 rings (SSSR count). The molecular weight excluding hydrogens is 166 g/mol. The summed E-state index contributed by atoms with van der Waals surface area (Å²) in [5, 5.41) is 0. The zero-order valence-electron chi connectivity index (χ0n) is 7.95. The Hall–Kier alpha value is -0.830. The van der Waals surface area contributed by atoms with Crippen LogP contribution in [0.2, 0.25) is 0 Å². The second-order valence-electron chi connectivity index (χ2n) is 3.79. The molecule has 0 amide bonds. The van der Waals surface area contributed by atoms with Gasteiger partial charge in [0.2, 0.25) is 0 Å². The second kappa shape index (κ2) is 3.50. The quantitative estimate of drug-likeness (QED) is 0.443. The topological polar surface area (TPSA) is 29.5 Å². The molecule has 0 spiro atoms. The van der Waals surface area contributed by atoms with Gasteiger partial charge in [0.25, 0.3) is 0 Å². The molecule has 3 aliphatic heterocycles. The van der Waals surface area contributed by atoms with E-state index in [2.05, 4.69) is 9.64 Å². The first-order valence-electron chi connectivity index (χ1n) is 4.80. The van der Waals surface area contributed by atoms with Crippen molar-refractivity contribution in [2.75, 3.05) is 26.7 Å². The van der Waals surface area contributed by atoms with Gasteiger partial charge in [-0.15, -0.1) is 0 Å². The van der Waals surface area contributed by atoms with E-state index in [1.54, 1.807) is 6.08 Å². The molecule has 0 aliphatic carbocycles. The maximum Gasteiger partial charge on any atom is 0.330 e. The molecule has 3 fully saturated rings. The summed E-state index contributed by atoms with van der Waals surface area (Å²) in [5.74, 6) is 0.438. The van der Waals surface area contributed by atoms with E-state index in [0.29, 0.717) is 5.92 Å². The number of fused-ring (bicyclic) bond motifs is 3. The maximum absolute atomic E-state index is 11.0. The number of methoxy groups -OCH3 is 1. The highest BCUT2D eigenvalue weighted by atomic mass is 16.5. The Morgan fingerprint density at radius 2 is 2.23 bits per heavy atom. The van der Waals surface area contributed by atoms with Crippen molar-refractivity contribution in [3.63, 3.8) is 0 Å². The lowest BCUT2D eigenvalue weighted by atomic mass is 9.83. The van der Waals surface area contributed by atoms with Crippen molar-refractivity contribution in [2.24, 2.45) is 5.92 Å². The second-order valence-corrected chi connectivity index (χ2v) is 3.79. The number of carbonyl (C=O) groups excluding carboxylic acids is 1. The number of carbonyl (C=O) groups is 1. The molecular formula is C10H15NO2. The fourth-order valence-electron chi connectivity index (χ4n) is 2.22. The van der Waals surface area contributed by atoms with Gasteiger partial charge in [-0.25, -0.2) is 4.79 Å². The van der Waals surface area contributed by atoms with Crippen LogP contribution in [0.3, 0.4) is 0 Å². The van der Waals surface area contributed by atoms with Crippen LogP contribution in [0.5, 0.6) is 0 Å². The third-order valence-corrected chi connectivity index (χ3v) is 3.02. The number of esters is 1. The number of piperidine rings is 3. The van der Waals surface area contributed by atoms with Gasteiger partial charge in [-0.1, -0.05) is 0 Å². The van der Waals surface area contributed by atoms with Crippen LogP contribution in [0.15, 0.2) is 11.6 Å². The first-order chi connectivity index (χ1) is 6.29. The van der Waals surface area contributed by atoms with Crippen LogP contribution in [0.4, 0.5) is 0 Å². The summed E-state index contributed by atoms with van der Waals surface area (Å²) in [4.78, 5) is 13.4. The van der Waals surface area contributed by atoms with Gasteiger partial charge in [-0.3, -0.25) is 4.90 Å². The fourth-order valence-corrected chi connectivity index (χ4v) is 2.22. The lowest BCUT2D eigenvalue weighted by molar-refractivity contribution is -0.135. The molecule has 0 saturated carbocycles.